The lowest BCUT2D eigenvalue weighted by Gasteiger charge is -2.26. The number of ether oxygens (including phenoxy) is 1. The topological polar surface area (TPSA) is 60.4 Å². The van der Waals surface area contributed by atoms with Crippen molar-refractivity contribution in [3.05, 3.63) is 28.8 Å². The highest BCUT2D eigenvalue weighted by Gasteiger charge is 2.31. The molecule has 0 radical (unpaired) electrons. The minimum Gasteiger partial charge on any atom is -0.459 e. The van der Waals surface area contributed by atoms with Crippen molar-refractivity contribution < 1.29 is 17.9 Å². The molecule has 0 spiro atoms. The zero-order valence-corrected chi connectivity index (χ0v) is 16.9. The molecule has 1 aliphatic rings. The second-order valence-corrected chi connectivity index (χ2v) is 10.3. The molecule has 1 atom stereocenters. The molecular weight excluding hydrogens is 360 g/mol. The molecule has 2 rings (SSSR count). The van der Waals surface area contributed by atoms with E-state index in [1.807, 2.05) is 20.8 Å². The molecule has 0 heterocycles. The third-order valence-electron chi connectivity index (χ3n) is 4.49. The minimum atomic E-state index is -3.40. The van der Waals surface area contributed by atoms with Crippen LogP contribution in [0.2, 0.25) is 5.02 Å². The zero-order valence-electron chi connectivity index (χ0n) is 15.3. The molecule has 140 valence electrons. The van der Waals surface area contributed by atoms with Gasteiger partial charge in [-0.15, -0.1) is 0 Å². The van der Waals surface area contributed by atoms with Crippen LogP contribution >= 0.6 is 11.6 Å². The molecule has 0 bridgehead atoms. The number of hydrogen-bond acceptors (Lipinski definition) is 4. The van der Waals surface area contributed by atoms with E-state index in [0.29, 0.717) is 12.3 Å². The van der Waals surface area contributed by atoms with Crippen LogP contribution in [0, 0.1) is 5.92 Å². The Morgan fingerprint density at radius 1 is 1.28 bits per heavy atom. The van der Waals surface area contributed by atoms with E-state index in [1.54, 1.807) is 12.1 Å². The van der Waals surface area contributed by atoms with E-state index in [-0.39, 0.29) is 15.9 Å². The van der Waals surface area contributed by atoms with Crippen LogP contribution < -0.4 is 0 Å². The molecule has 0 N–H and O–H groups in total. The Labute approximate surface area is 155 Å². The summed E-state index contributed by atoms with van der Waals surface area (Å²) < 4.78 is 29.1. The van der Waals surface area contributed by atoms with Gasteiger partial charge in [0, 0.05) is 6.26 Å². The number of sulfone groups is 1. The maximum atomic E-state index is 12.8. The van der Waals surface area contributed by atoms with Gasteiger partial charge in [0.25, 0.3) is 0 Å². The second-order valence-electron chi connectivity index (χ2n) is 7.93. The van der Waals surface area contributed by atoms with Crippen molar-refractivity contribution in [1.82, 2.24) is 0 Å². The number of esters is 1. The SMILES string of the molecule is CC(C)(C)OC(=O)[C@H](CC1CCCC1)c1ccc(S(C)(=O)=O)c(Cl)c1. The highest BCUT2D eigenvalue weighted by atomic mass is 35.5. The highest BCUT2D eigenvalue weighted by Crippen LogP contribution is 2.37. The molecule has 1 aromatic rings. The standard InChI is InChI=1S/C19H27ClO4S/c1-19(2,3)24-18(21)15(11-13-7-5-6-8-13)14-9-10-17(16(20)12-14)25(4,22)23/h9-10,12-13,15H,5-8,11H2,1-4H3/t15-/m1/s1. The summed E-state index contributed by atoms with van der Waals surface area (Å²) in [4.78, 5) is 12.8. The van der Waals surface area contributed by atoms with Crippen molar-refractivity contribution in [2.24, 2.45) is 5.92 Å². The summed E-state index contributed by atoms with van der Waals surface area (Å²) in [7, 11) is -3.40. The first kappa shape index (κ1) is 20.2. The van der Waals surface area contributed by atoms with Gasteiger partial charge in [0.05, 0.1) is 15.8 Å². The number of carbonyl (C=O) groups is 1. The van der Waals surface area contributed by atoms with E-state index >= 15 is 0 Å². The fraction of sp³-hybridized carbons (Fsp3) is 0.632. The van der Waals surface area contributed by atoms with Gasteiger partial charge in [-0.2, -0.15) is 0 Å². The maximum absolute atomic E-state index is 12.8. The summed E-state index contributed by atoms with van der Waals surface area (Å²) in [5, 5.41) is 0.153. The van der Waals surface area contributed by atoms with E-state index < -0.39 is 21.4 Å². The Balaban J connectivity index is 2.33. The number of benzene rings is 1. The third-order valence-corrected chi connectivity index (χ3v) is 6.07. The number of halogens is 1. The van der Waals surface area contributed by atoms with Crippen molar-refractivity contribution in [2.75, 3.05) is 6.26 Å². The summed E-state index contributed by atoms with van der Waals surface area (Å²) in [5.74, 6) is -0.207. The fourth-order valence-corrected chi connectivity index (χ4v) is 4.69. The molecule has 1 fully saturated rings. The van der Waals surface area contributed by atoms with Gasteiger partial charge in [-0.1, -0.05) is 43.4 Å². The number of rotatable bonds is 5. The van der Waals surface area contributed by atoms with Crippen LogP contribution in [0.25, 0.3) is 0 Å². The molecule has 0 aliphatic heterocycles. The van der Waals surface area contributed by atoms with Gasteiger partial charge in [-0.05, 0) is 50.8 Å². The first-order valence-corrected chi connectivity index (χ1v) is 11.0. The monoisotopic (exact) mass is 386 g/mol. The first-order valence-electron chi connectivity index (χ1n) is 8.70. The Morgan fingerprint density at radius 3 is 2.36 bits per heavy atom. The van der Waals surface area contributed by atoms with Gasteiger partial charge in [0.15, 0.2) is 9.84 Å². The van der Waals surface area contributed by atoms with E-state index in [1.165, 1.54) is 18.9 Å². The molecule has 4 nitrogen and oxygen atoms in total. The summed E-state index contributed by atoms with van der Waals surface area (Å²) in [5.41, 5.74) is 0.153. The minimum absolute atomic E-state index is 0.0849. The van der Waals surface area contributed by atoms with E-state index in [4.69, 9.17) is 16.3 Å². The Morgan fingerprint density at radius 2 is 1.88 bits per heavy atom. The predicted molar refractivity (Wildman–Crippen MR) is 99.7 cm³/mol. The van der Waals surface area contributed by atoms with Gasteiger partial charge in [0.2, 0.25) is 0 Å². The smallest absolute Gasteiger partial charge is 0.313 e. The normalized spacial score (nSPS) is 17.5. The molecule has 6 heteroatoms. The summed E-state index contributed by atoms with van der Waals surface area (Å²) in [6.07, 6.45) is 6.46. The second kappa shape index (κ2) is 7.67. The summed E-state index contributed by atoms with van der Waals surface area (Å²) >= 11 is 6.18. The van der Waals surface area contributed by atoms with Gasteiger partial charge < -0.3 is 4.74 Å². The average Bonchev–Trinajstić information content (AvgIpc) is 2.94. The summed E-state index contributed by atoms with van der Waals surface area (Å²) in [6.45, 7) is 5.53. The largest absolute Gasteiger partial charge is 0.459 e. The molecular formula is C19H27ClO4S. The van der Waals surface area contributed by atoms with E-state index in [2.05, 4.69) is 0 Å². The van der Waals surface area contributed by atoms with Crippen molar-refractivity contribution in [2.45, 2.75) is 69.3 Å². The van der Waals surface area contributed by atoms with E-state index in [0.717, 1.165) is 24.7 Å². The predicted octanol–water partition coefficient (Wildman–Crippen LogP) is 4.75. The molecule has 0 aromatic heterocycles. The third kappa shape index (κ3) is 5.71. The van der Waals surface area contributed by atoms with E-state index in [9.17, 15) is 13.2 Å². The Bertz CT molecular complexity index is 728. The van der Waals surface area contributed by atoms with Gasteiger partial charge in [-0.3, -0.25) is 4.79 Å². The zero-order chi connectivity index (χ0) is 18.8. The van der Waals surface area contributed by atoms with Gasteiger partial charge in [0.1, 0.15) is 5.60 Å². The van der Waals surface area contributed by atoms with Crippen molar-refractivity contribution in [3.63, 3.8) is 0 Å². The molecule has 1 aliphatic carbocycles. The van der Waals surface area contributed by atoms with Crippen LogP contribution in [-0.4, -0.2) is 26.2 Å². The average molecular weight is 387 g/mol. The summed E-state index contributed by atoms with van der Waals surface area (Å²) in [6, 6.07) is 4.77. The number of carbonyl (C=O) groups excluding carboxylic acids is 1. The lowest BCUT2D eigenvalue weighted by Crippen LogP contribution is -2.28. The highest BCUT2D eigenvalue weighted by molar-refractivity contribution is 7.90. The van der Waals surface area contributed by atoms with Gasteiger partial charge in [-0.25, -0.2) is 8.42 Å². The molecule has 0 unspecified atom stereocenters. The van der Waals surface area contributed by atoms with Gasteiger partial charge >= 0.3 is 5.97 Å². The number of hydrogen-bond donors (Lipinski definition) is 0. The lowest BCUT2D eigenvalue weighted by atomic mass is 9.88. The molecule has 25 heavy (non-hydrogen) atoms. The van der Waals surface area contributed by atoms with Crippen molar-refractivity contribution >= 4 is 27.4 Å². The van der Waals surface area contributed by atoms with Crippen molar-refractivity contribution in [3.8, 4) is 0 Å². The van der Waals surface area contributed by atoms with Crippen LogP contribution in [0.15, 0.2) is 23.1 Å². The van der Waals surface area contributed by atoms with Crippen LogP contribution in [0.3, 0.4) is 0 Å². The van der Waals surface area contributed by atoms with Crippen molar-refractivity contribution in [1.29, 1.82) is 0 Å². The first-order chi connectivity index (χ1) is 11.5. The Kier molecular flexibility index (Phi) is 6.21. The fourth-order valence-electron chi connectivity index (χ4n) is 3.36. The van der Waals surface area contributed by atoms with Crippen LogP contribution in [0.1, 0.15) is 64.4 Å². The maximum Gasteiger partial charge on any atom is 0.313 e. The van der Waals surface area contributed by atoms with Crippen LogP contribution in [-0.2, 0) is 19.4 Å². The quantitative estimate of drug-likeness (QED) is 0.685. The molecule has 1 aromatic carbocycles. The Hall–Kier alpha value is -1.07. The lowest BCUT2D eigenvalue weighted by molar-refractivity contribution is -0.157. The van der Waals surface area contributed by atoms with Crippen LogP contribution in [0.4, 0.5) is 0 Å². The molecule has 1 saturated carbocycles. The molecule has 0 amide bonds. The van der Waals surface area contributed by atoms with Crippen LogP contribution in [0.5, 0.6) is 0 Å². The molecule has 0 saturated heterocycles.